The van der Waals surface area contributed by atoms with Gasteiger partial charge in [-0.25, -0.2) is 0 Å². The van der Waals surface area contributed by atoms with Crippen molar-refractivity contribution in [3.05, 3.63) is 16.0 Å². The van der Waals surface area contributed by atoms with Crippen LogP contribution in [0, 0.1) is 20.8 Å². The van der Waals surface area contributed by atoms with Gasteiger partial charge in [0.2, 0.25) is 6.23 Å². The van der Waals surface area contributed by atoms with Crippen molar-refractivity contribution in [1.29, 1.82) is 0 Å². The van der Waals surface area contributed by atoms with E-state index in [9.17, 15) is 0 Å². The van der Waals surface area contributed by atoms with Crippen molar-refractivity contribution >= 4 is 16.3 Å². The Kier molecular flexibility index (Phi) is 5.43. The topological polar surface area (TPSA) is 35.4 Å². The highest BCUT2D eigenvalue weighted by atomic mass is 32.1. The molecule has 17 heavy (non-hydrogen) atoms. The first-order valence-corrected chi connectivity index (χ1v) is 6.96. The number of thiophene rings is 1. The maximum Gasteiger partial charge on any atom is 0.211 e. The largest absolute Gasteiger partial charge is 0.334 e. The molecule has 0 bridgehead atoms. The van der Waals surface area contributed by atoms with Crippen LogP contribution in [0.2, 0.25) is 0 Å². The molecule has 98 valence electrons. The van der Waals surface area contributed by atoms with Crippen molar-refractivity contribution in [2.24, 2.45) is 0 Å². The van der Waals surface area contributed by atoms with Crippen molar-refractivity contribution in [3.63, 3.8) is 0 Å². The second-order valence-electron chi connectivity index (χ2n) is 4.54. The maximum absolute atomic E-state index is 7.21. The number of nitrogens with zero attached hydrogens (tertiary/aromatic N) is 1. The maximum atomic E-state index is 7.21. The van der Waals surface area contributed by atoms with Gasteiger partial charge in [0.1, 0.15) is 0 Å². The van der Waals surface area contributed by atoms with E-state index >= 15 is 0 Å². The van der Waals surface area contributed by atoms with E-state index in [1.807, 2.05) is 7.05 Å². The summed E-state index contributed by atoms with van der Waals surface area (Å²) in [6, 6.07) is 0. The Morgan fingerprint density at radius 1 is 1.29 bits per heavy atom. The van der Waals surface area contributed by atoms with Gasteiger partial charge in [-0.2, -0.15) is 0 Å². The number of rotatable bonds is 6. The first-order chi connectivity index (χ1) is 8.02. The fourth-order valence-electron chi connectivity index (χ4n) is 1.90. The van der Waals surface area contributed by atoms with Crippen LogP contribution in [-0.4, -0.2) is 18.5 Å². The number of aryl methyl sites for hydroxylation is 1. The smallest absolute Gasteiger partial charge is 0.211 e. The summed E-state index contributed by atoms with van der Waals surface area (Å²) >= 11 is 1.79. The Morgan fingerprint density at radius 3 is 2.35 bits per heavy atom. The van der Waals surface area contributed by atoms with E-state index in [1.165, 1.54) is 21.0 Å². The Hall–Kier alpha value is -0.580. The van der Waals surface area contributed by atoms with Crippen LogP contribution in [0.15, 0.2) is 0 Å². The van der Waals surface area contributed by atoms with Crippen LogP contribution < -0.4 is 4.90 Å². The van der Waals surface area contributed by atoms with Gasteiger partial charge in [-0.3, -0.25) is 5.26 Å². The fourth-order valence-corrected chi connectivity index (χ4v) is 3.06. The number of hydrogen-bond acceptors (Lipinski definition) is 3. The Bertz CT molecular complexity index is 363. The molecule has 0 spiro atoms. The molecule has 1 heterocycles. The summed E-state index contributed by atoms with van der Waals surface area (Å²) in [7, 11) is 2.02. The van der Waals surface area contributed by atoms with E-state index < -0.39 is 0 Å². The van der Waals surface area contributed by atoms with Gasteiger partial charge in [0, 0.05) is 18.3 Å². The van der Waals surface area contributed by atoms with Crippen LogP contribution >= 0.6 is 11.3 Å². The molecule has 3 nitrogen and oxygen atoms in total. The van der Waals surface area contributed by atoms with Gasteiger partial charge in [-0.1, -0.05) is 18.2 Å². The lowest BCUT2D eigenvalue weighted by Gasteiger charge is -2.24. The molecule has 0 radical (unpaired) electrons. The SMILES string of the molecule is CCCCC(O[OH2+])N(C)c1sc(C)c(C)c1C. The van der Waals surface area contributed by atoms with E-state index in [2.05, 4.69) is 32.6 Å². The minimum absolute atomic E-state index is 0.133. The van der Waals surface area contributed by atoms with Crippen molar-refractivity contribution in [2.45, 2.75) is 53.2 Å². The van der Waals surface area contributed by atoms with Crippen LogP contribution in [0.3, 0.4) is 0 Å². The quantitative estimate of drug-likeness (QED) is 0.340. The molecule has 0 fully saturated rings. The minimum atomic E-state index is -0.133. The molecule has 1 aromatic rings. The van der Waals surface area contributed by atoms with Crippen LogP contribution in [0.1, 0.15) is 42.2 Å². The monoisotopic (exact) mass is 258 g/mol. The Morgan fingerprint density at radius 2 is 1.94 bits per heavy atom. The van der Waals surface area contributed by atoms with Gasteiger partial charge in [-0.05, 0) is 38.3 Å². The predicted octanol–water partition coefficient (Wildman–Crippen LogP) is 3.28. The second kappa shape index (κ2) is 6.38. The molecule has 1 rings (SSSR count). The molecule has 0 aromatic carbocycles. The zero-order chi connectivity index (χ0) is 13.0. The summed E-state index contributed by atoms with van der Waals surface area (Å²) in [6.45, 7) is 8.60. The first-order valence-electron chi connectivity index (χ1n) is 6.14. The highest BCUT2D eigenvalue weighted by Crippen LogP contribution is 2.35. The molecule has 2 N–H and O–H groups in total. The zero-order valence-electron chi connectivity index (χ0n) is 11.5. The summed E-state index contributed by atoms with van der Waals surface area (Å²) in [4.78, 5) is 8.31. The lowest BCUT2D eigenvalue weighted by molar-refractivity contribution is -0.278. The van der Waals surface area contributed by atoms with Crippen LogP contribution in [0.5, 0.6) is 0 Å². The van der Waals surface area contributed by atoms with E-state index in [0.717, 1.165) is 19.3 Å². The third-order valence-corrected chi connectivity index (χ3v) is 4.75. The number of unbranched alkanes of at least 4 members (excludes halogenated alkanes) is 1. The van der Waals surface area contributed by atoms with E-state index in [4.69, 9.17) is 10.1 Å². The third kappa shape index (κ3) is 3.21. The van der Waals surface area contributed by atoms with Gasteiger partial charge in [0.05, 0.1) is 5.00 Å². The Balaban J connectivity index is 2.85. The fraction of sp³-hybridized carbons (Fsp3) is 0.692. The van der Waals surface area contributed by atoms with Crippen molar-refractivity contribution in [1.82, 2.24) is 0 Å². The number of anilines is 1. The summed E-state index contributed by atoms with van der Waals surface area (Å²) in [5, 5.41) is 8.44. The van der Waals surface area contributed by atoms with Crippen molar-refractivity contribution < 1.29 is 10.1 Å². The average Bonchev–Trinajstić information content (AvgIpc) is 2.57. The second-order valence-corrected chi connectivity index (χ2v) is 5.74. The summed E-state index contributed by atoms with van der Waals surface area (Å²) in [5.74, 6) is 0. The molecule has 1 atom stereocenters. The molecule has 0 amide bonds. The first kappa shape index (κ1) is 14.5. The molecule has 0 saturated heterocycles. The van der Waals surface area contributed by atoms with Crippen LogP contribution in [-0.2, 0) is 4.89 Å². The molecular weight excluding hydrogens is 234 g/mol. The van der Waals surface area contributed by atoms with Crippen molar-refractivity contribution in [3.8, 4) is 0 Å². The third-order valence-electron chi connectivity index (χ3n) is 3.35. The van der Waals surface area contributed by atoms with Gasteiger partial charge in [-0.15, -0.1) is 11.3 Å². The number of hydrogen-bond donors (Lipinski definition) is 0. The zero-order valence-corrected chi connectivity index (χ0v) is 12.3. The molecule has 0 aliphatic carbocycles. The molecule has 0 saturated carbocycles. The predicted molar refractivity (Wildman–Crippen MR) is 74.9 cm³/mol. The molecule has 4 heteroatoms. The molecular formula is C13H24NO2S+. The van der Waals surface area contributed by atoms with E-state index in [-0.39, 0.29) is 6.23 Å². The lowest BCUT2D eigenvalue weighted by Crippen LogP contribution is -2.33. The lowest BCUT2D eigenvalue weighted by atomic mass is 10.1. The van der Waals surface area contributed by atoms with Crippen molar-refractivity contribution in [2.75, 3.05) is 11.9 Å². The molecule has 1 unspecified atom stereocenters. The minimum Gasteiger partial charge on any atom is -0.334 e. The van der Waals surface area contributed by atoms with E-state index in [1.54, 1.807) is 11.3 Å². The molecule has 0 aliphatic rings. The van der Waals surface area contributed by atoms with Gasteiger partial charge in [0.25, 0.3) is 0 Å². The highest BCUT2D eigenvalue weighted by Gasteiger charge is 2.22. The summed E-state index contributed by atoms with van der Waals surface area (Å²) in [6.07, 6.45) is 3.00. The summed E-state index contributed by atoms with van der Waals surface area (Å²) in [5.41, 5.74) is 2.67. The molecule has 1 aromatic heterocycles. The van der Waals surface area contributed by atoms with Gasteiger partial charge >= 0.3 is 0 Å². The van der Waals surface area contributed by atoms with Crippen LogP contribution in [0.25, 0.3) is 0 Å². The Labute approximate surface area is 108 Å². The van der Waals surface area contributed by atoms with Gasteiger partial charge in [0.15, 0.2) is 0 Å². The molecule has 0 aliphatic heterocycles. The van der Waals surface area contributed by atoms with Crippen LogP contribution in [0.4, 0.5) is 5.00 Å². The summed E-state index contributed by atoms with van der Waals surface area (Å²) < 4.78 is 0. The average molecular weight is 258 g/mol. The normalized spacial score (nSPS) is 12.8. The van der Waals surface area contributed by atoms with Gasteiger partial charge < -0.3 is 4.90 Å². The standard InChI is InChI=1S/C13H23NO2S/c1-6-7-8-12(16-15)14(5)13-10(3)9(2)11(4)17-13/h12,15H,6-8H2,1-5H3/p+1. The highest BCUT2D eigenvalue weighted by molar-refractivity contribution is 7.16. The van der Waals surface area contributed by atoms with E-state index in [0.29, 0.717) is 0 Å².